The van der Waals surface area contributed by atoms with Crippen LogP contribution in [0.2, 0.25) is 5.02 Å². The number of hydrogen-bond donors (Lipinski definition) is 1. The molecular formula is C15H23ClN2O. The maximum Gasteiger partial charge on any atom is 0.0661 e. The van der Waals surface area contributed by atoms with Gasteiger partial charge < -0.3 is 10.5 Å². The number of hydrogen-bond acceptors (Lipinski definition) is 3. The number of halogens is 1. The van der Waals surface area contributed by atoms with Crippen molar-refractivity contribution >= 4 is 11.6 Å². The summed E-state index contributed by atoms with van der Waals surface area (Å²) in [5.74, 6) is 0.654. The first-order valence-corrected chi connectivity index (χ1v) is 7.15. The standard InChI is InChI=1S/C15H23ClN2O/c1-18(9-12-4-3-5-14(16)8-12)15(10-17,11-19-2)13-6-7-13/h3-5,8,13H,6-7,9-11,17H2,1-2H3. The number of rotatable bonds is 7. The molecule has 4 heteroatoms. The lowest BCUT2D eigenvalue weighted by Crippen LogP contribution is -2.56. The second kappa shape index (κ2) is 6.23. The predicted octanol–water partition coefficient (Wildman–Crippen LogP) is 2.53. The van der Waals surface area contributed by atoms with E-state index in [1.807, 2.05) is 18.2 Å². The molecule has 1 aromatic carbocycles. The molecule has 0 saturated heterocycles. The van der Waals surface area contributed by atoms with Crippen molar-refractivity contribution in [3.63, 3.8) is 0 Å². The molecule has 106 valence electrons. The van der Waals surface area contributed by atoms with Gasteiger partial charge >= 0.3 is 0 Å². The van der Waals surface area contributed by atoms with E-state index in [-0.39, 0.29) is 5.54 Å². The quantitative estimate of drug-likeness (QED) is 0.835. The smallest absolute Gasteiger partial charge is 0.0661 e. The maximum absolute atomic E-state index is 6.07. The fraction of sp³-hybridized carbons (Fsp3) is 0.600. The Labute approximate surface area is 120 Å². The van der Waals surface area contributed by atoms with Crippen LogP contribution in [-0.2, 0) is 11.3 Å². The molecule has 0 amide bonds. The van der Waals surface area contributed by atoms with E-state index in [9.17, 15) is 0 Å². The number of nitrogens with zero attached hydrogens (tertiary/aromatic N) is 1. The van der Waals surface area contributed by atoms with Crippen LogP contribution in [0.25, 0.3) is 0 Å². The van der Waals surface area contributed by atoms with E-state index < -0.39 is 0 Å². The molecule has 0 bridgehead atoms. The highest BCUT2D eigenvalue weighted by molar-refractivity contribution is 6.30. The van der Waals surface area contributed by atoms with Gasteiger partial charge in [-0.15, -0.1) is 0 Å². The Bertz CT molecular complexity index is 422. The number of nitrogens with two attached hydrogens (primary N) is 1. The van der Waals surface area contributed by atoms with Gasteiger partial charge in [0.2, 0.25) is 0 Å². The molecular weight excluding hydrogens is 260 g/mol. The average Bonchev–Trinajstić information content (AvgIpc) is 3.20. The molecule has 1 aliphatic rings. The van der Waals surface area contributed by atoms with Gasteiger partial charge in [-0.1, -0.05) is 23.7 Å². The third-order valence-corrected chi connectivity index (χ3v) is 4.39. The minimum absolute atomic E-state index is 0.0446. The topological polar surface area (TPSA) is 38.5 Å². The molecule has 2 N–H and O–H groups in total. The Hall–Kier alpha value is -0.610. The van der Waals surface area contributed by atoms with Crippen LogP contribution in [0.5, 0.6) is 0 Å². The summed E-state index contributed by atoms with van der Waals surface area (Å²) in [5, 5.41) is 0.780. The van der Waals surface area contributed by atoms with Crippen LogP contribution in [0.15, 0.2) is 24.3 Å². The maximum atomic E-state index is 6.07. The van der Waals surface area contributed by atoms with Gasteiger partial charge in [0.15, 0.2) is 0 Å². The first-order chi connectivity index (χ1) is 9.12. The summed E-state index contributed by atoms with van der Waals surface area (Å²) in [6.07, 6.45) is 2.50. The summed E-state index contributed by atoms with van der Waals surface area (Å²) in [4.78, 5) is 2.33. The molecule has 2 rings (SSSR count). The van der Waals surface area contributed by atoms with Crippen molar-refractivity contribution in [2.45, 2.75) is 24.9 Å². The average molecular weight is 283 g/mol. The van der Waals surface area contributed by atoms with Gasteiger partial charge in [0.25, 0.3) is 0 Å². The molecule has 1 aliphatic carbocycles. The summed E-state index contributed by atoms with van der Waals surface area (Å²) >= 11 is 6.04. The Morgan fingerprint density at radius 1 is 1.47 bits per heavy atom. The first-order valence-electron chi connectivity index (χ1n) is 6.77. The van der Waals surface area contributed by atoms with Crippen molar-refractivity contribution < 1.29 is 4.74 Å². The molecule has 3 nitrogen and oxygen atoms in total. The molecule has 1 atom stereocenters. The van der Waals surface area contributed by atoms with Crippen LogP contribution in [-0.4, -0.2) is 37.7 Å². The zero-order valence-corrected chi connectivity index (χ0v) is 12.5. The summed E-state index contributed by atoms with van der Waals surface area (Å²) < 4.78 is 5.43. The summed E-state index contributed by atoms with van der Waals surface area (Å²) in [7, 11) is 3.88. The van der Waals surface area contributed by atoms with Gasteiger partial charge in [0.05, 0.1) is 12.1 Å². The molecule has 1 fully saturated rings. The second-order valence-electron chi connectivity index (χ2n) is 5.50. The highest BCUT2D eigenvalue weighted by atomic mass is 35.5. The third kappa shape index (κ3) is 3.29. The van der Waals surface area contributed by atoms with Crippen molar-refractivity contribution in [1.82, 2.24) is 4.90 Å². The lowest BCUT2D eigenvalue weighted by molar-refractivity contribution is 0.0104. The lowest BCUT2D eigenvalue weighted by atomic mass is 9.91. The number of ether oxygens (including phenoxy) is 1. The highest BCUT2D eigenvalue weighted by Crippen LogP contribution is 2.43. The highest BCUT2D eigenvalue weighted by Gasteiger charge is 2.47. The molecule has 0 heterocycles. The minimum Gasteiger partial charge on any atom is -0.383 e. The van der Waals surface area contributed by atoms with E-state index in [0.717, 1.165) is 11.6 Å². The Balaban J connectivity index is 2.13. The van der Waals surface area contributed by atoms with Gasteiger partial charge in [0, 0.05) is 25.2 Å². The van der Waals surface area contributed by atoms with Crippen molar-refractivity contribution in [3.8, 4) is 0 Å². The van der Waals surface area contributed by atoms with Crippen LogP contribution < -0.4 is 5.73 Å². The summed E-state index contributed by atoms with van der Waals surface area (Å²) in [6.45, 7) is 2.16. The zero-order chi connectivity index (χ0) is 13.9. The van der Waals surface area contributed by atoms with E-state index in [1.54, 1.807) is 7.11 Å². The van der Waals surface area contributed by atoms with Gasteiger partial charge in [-0.2, -0.15) is 0 Å². The molecule has 1 saturated carbocycles. The molecule has 19 heavy (non-hydrogen) atoms. The van der Waals surface area contributed by atoms with Gasteiger partial charge in [-0.05, 0) is 43.5 Å². The SMILES string of the molecule is COCC(CN)(C1CC1)N(C)Cc1cccc(Cl)c1. The van der Waals surface area contributed by atoms with Crippen LogP contribution in [0.4, 0.5) is 0 Å². The van der Waals surface area contributed by atoms with Crippen molar-refractivity contribution in [3.05, 3.63) is 34.9 Å². The Kier molecular flexibility index (Phi) is 4.85. The van der Waals surface area contributed by atoms with E-state index in [2.05, 4.69) is 18.0 Å². The number of benzene rings is 1. The van der Waals surface area contributed by atoms with E-state index in [0.29, 0.717) is 19.1 Å². The third-order valence-electron chi connectivity index (χ3n) is 4.15. The predicted molar refractivity (Wildman–Crippen MR) is 79.3 cm³/mol. The molecule has 1 aromatic rings. The molecule has 1 unspecified atom stereocenters. The summed E-state index contributed by atoms with van der Waals surface area (Å²) in [5.41, 5.74) is 7.24. The van der Waals surface area contributed by atoms with Crippen LogP contribution in [0.3, 0.4) is 0 Å². The van der Waals surface area contributed by atoms with E-state index in [1.165, 1.54) is 18.4 Å². The monoisotopic (exact) mass is 282 g/mol. The van der Waals surface area contributed by atoms with Gasteiger partial charge in [-0.25, -0.2) is 0 Å². The molecule has 0 radical (unpaired) electrons. The van der Waals surface area contributed by atoms with E-state index in [4.69, 9.17) is 22.1 Å². The van der Waals surface area contributed by atoms with E-state index >= 15 is 0 Å². The second-order valence-corrected chi connectivity index (χ2v) is 5.94. The lowest BCUT2D eigenvalue weighted by Gasteiger charge is -2.41. The first kappa shape index (κ1) is 14.8. The minimum atomic E-state index is -0.0446. The van der Waals surface area contributed by atoms with Crippen LogP contribution >= 0.6 is 11.6 Å². The van der Waals surface area contributed by atoms with Gasteiger partial charge in [0.1, 0.15) is 0 Å². The molecule has 0 aliphatic heterocycles. The zero-order valence-electron chi connectivity index (χ0n) is 11.7. The van der Waals surface area contributed by atoms with Crippen LogP contribution in [0, 0.1) is 5.92 Å². The number of likely N-dealkylation sites (N-methyl/N-ethyl adjacent to an activating group) is 1. The fourth-order valence-corrected chi connectivity index (χ4v) is 3.07. The fourth-order valence-electron chi connectivity index (χ4n) is 2.86. The molecule has 0 spiro atoms. The van der Waals surface area contributed by atoms with Crippen molar-refractivity contribution in [2.24, 2.45) is 11.7 Å². The largest absolute Gasteiger partial charge is 0.383 e. The normalized spacial score (nSPS) is 18.6. The Morgan fingerprint density at radius 3 is 2.74 bits per heavy atom. The number of methoxy groups -OCH3 is 1. The Morgan fingerprint density at radius 2 is 2.21 bits per heavy atom. The van der Waals surface area contributed by atoms with Gasteiger partial charge in [-0.3, -0.25) is 4.90 Å². The van der Waals surface area contributed by atoms with Crippen LogP contribution in [0.1, 0.15) is 18.4 Å². The van der Waals surface area contributed by atoms with Crippen molar-refractivity contribution in [1.29, 1.82) is 0 Å². The molecule has 0 aromatic heterocycles. The van der Waals surface area contributed by atoms with Crippen molar-refractivity contribution in [2.75, 3.05) is 27.3 Å². The summed E-state index contributed by atoms with van der Waals surface area (Å²) in [6, 6.07) is 8.00.